The number of methoxy groups -OCH3 is 1. The fraction of sp³-hybridized carbons (Fsp3) is 0.235. The van der Waals surface area contributed by atoms with Crippen molar-refractivity contribution in [2.45, 2.75) is 6.92 Å². The molecule has 3 aromatic rings. The van der Waals surface area contributed by atoms with Crippen LogP contribution in [0.3, 0.4) is 0 Å². The summed E-state index contributed by atoms with van der Waals surface area (Å²) in [7, 11) is 1.70. The Morgan fingerprint density at radius 2 is 2.10 bits per heavy atom. The first-order chi connectivity index (χ1) is 10.3. The van der Waals surface area contributed by atoms with E-state index in [1.54, 1.807) is 7.11 Å². The molecular formula is C17H19N3O. The predicted molar refractivity (Wildman–Crippen MR) is 86.6 cm³/mol. The molecule has 0 aliphatic heterocycles. The zero-order valence-corrected chi connectivity index (χ0v) is 12.3. The van der Waals surface area contributed by atoms with Gasteiger partial charge in [-0.2, -0.15) is 0 Å². The number of anilines is 1. The van der Waals surface area contributed by atoms with E-state index >= 15 is 0 Å². The van der Waals surface area contributed by atoms with Gasteiger partial charge in [0.25, 0.3) is 0 Å². The lowest BCUT2D eigenvalue weighted by Gasteiger charge is -2.07. The van der Waals surface area contributed by atoms with Crippen LogP contribution in [0.1, 0.15) is 5.56 Å². The largest absolute Gasteiger partial charge is 0.383 e. The van der Waals surface area contributed by atoms with Crippen LogP contribution in [-0.2, 0) is 4.74 Å². The highest BCUT2D eigenvalue weighted by molar-refractivity contribution is 5.95. The Kier molecular flexibility index (Phi) is 3.88. The fourth-order valence-corrected chi connectivity index (χ4v) is 2.50. The number of fused-ring (bicyclic) bond motifs is 1. The molecular weight excluding hydrogens is 262 g/mol. The van der Waals surface area contributed by atoms with Crippen LogP contribution in [0.25, 0.3) is 22.2 Å². The molecule has 4 nitrogen and oxygen atoms in total. The van der Waals surface area contributed by atoms with E-state index in [0.29, 0.717) is 6.61 Å². The van der Waals surface area contributed by atoms with Gasteiger partial charge in [0.2, 0.25) is 0 Å². The highest BCUT2D eigenvalue weighted by Crippen LogP contribution is 2.31. The van der Waals surface area contributed by atoms with E-state index in [-0.39, 0.29) is 0 Å². The normalized spacial score (nSPS) is 11.0. The number of rotatable bonds is 5. The molecule has 0 fully saturated rings. The lowest BCUT2D eigenvalue weighted by atomic mass is 10.0. The number of pyridine rings is 1. The molecule has 2 aromatic heterocycles. The van der Waals surface area contributed by atoms with E-state index in [1.165, 1.54) is 16.7 Å². The molecule has 4 heteroatoms. The number of benzene rings is 1. The summed E-state index contributed by atoms with van der Waals surface area (Å²) in [5, 5.41) is 4.45. The van der Waals surface area contributed by atoms with Gasteiger partial charge >= 0.3 is 0 Å². The number of aromatic amines is 1. The van der Waals surface area contributed by atoms with Crippen LogP contribution in [0.2, 0.25) is 0 Å². The molecule has 2 N–H and O–H groups in total. The first-order valence-corrected chi connectivity index (χ1v) is 7.05. The molecule has 0 radical (unpaired) electrons. The van der Waals surface area contributed by atoms with E-state index in [0.717, 1.165) is 23.3 Å². The molecule has 3 rings (SSSR count). The van der Waals surface area contributed by atoms with Crippen LogP contribution in [0, 0.1) is 6.92 Å². The van der Waals surface area contributed by atoms with Crippen molar-refractivity contribution >= 4 is 16.7 Å². The van der Waals surface area contributed by atoms with Crippen molar-refractivity contribution in [3.63, 3.8) is 0 Å². The maximum atomic E-state index is 5.06. The fourth-order valence-electron chi connectivity index (χ4n) is 2.50. The predicted octanol–water partition coefficient (Wildman–Crippen LogP) is 3.60. The number of hydrogen-bond donors (Lipinski definition) is 2. The highest BCUT2D eigenvalue weighted by Gasteiger charge is 2.09. The van der Waals surface area contributed by atoms with Gasteiger partial charge in [0.15, 0.2) is 0 Å². The van der Waals surface area contributed by atoms with E-state index in [4.69, 9.17) is 4.74 Å². The van der Waals surface area contributed by atoms with Gasteiger partial charge in [-0.05, 0) is 24.1 Å². The second-order valence-corrected chi connectivity index (χ2v) is 5.06. The number of hydrogen-bond acceptors (Lipinski definition) is 3. The molecule has 108 valence electrons. The van der Waals surface area contributed by atoms with Crippen molar-refractivity contribution in [2.24, 2.45) is 0 Å². The third kappa shape index (κ3) is 2.76. The molecule has 0 unspecified atom stereocenters. The van der Waals surface area contributed by atoms with Crippen LogP contribution < -0.4 is 5.32 Å². The molecule has 0 saturated carbocycles. The van der Waals surface area contributed by atoms with Gasteiger partial charge in [0, 0.05) is 30.8 Å². The lowest BCUT2D eigenvalue weighted by molar-refractivity contribution is 0.211. The molecule has 21 heavy (non-hydrogen) atoms. The van der Waals surface area contributed by atoms with Gasteiger partial charge < -0.3 is 15.0 Å². The van der Waals surface area contributed by atoms with Gasteiger partial charge in [-0.15, -0.1) is 0 Å². The van der Waals surface area contributed by atoms with E-state index in [2.05, 4.69) is 52.5 Å². The summed E-state index contributed by atoms with van der Waals surface area (Å²) >= 11 is 0. The minimum Gasteiger partial charge on any atom is -0.383 e. The minimum atomic E-state index is 0.676. The molecule has 0 amide bonds. The molecule has 0 spiro atoms. The van der Waals surface area contributed by atoms with Gasteiger partial charge in [0.05, 0.1) is 18.5 Å². The van der Waals surface area contributed by atoms with Gasteiger partial charge in [-0.1, -0.05) is 24.3 Å². The van der Waals surface area contributed by atoms with E-state index < -0.39 is 0 Å². The summed E-state index contributed by atoms with van der Waals surface area (Å²) < 4.78 is 5.06. The first-order valence-electron chi connectivity index (χ1n) is 7.05. The smallest absolute Gasteiger partial charge is 0.138 e. The maximum absolute atomic E-state index is 5.06. The Labute approximate surface area is 124 Å². The Morgan fingerprint density at radius 1 is 1.24 bits per heavy atom. The number of nitrogens with zero attached hydrogens (tertiary/aromatic N) is 1. The number of ether oxygens (including phenoxy) is 1. The summed E-state index contributed by atoms with van der Waals surface area (Å²) in [6, 6.07) is 10.5. The van der Waals surface area contributed by atoms with Crippen molar-refractivity contribution < 1.29 is 4.74 Å². The second kappa shape index (κ2) is 5.97. The molecule has 2 heterocycles. The number of aromatic nitrogens is 2. The van der Waals surface area contributed by atoms with E-state index in [1.807, 2.05) is 12.4 Å². The van der Waals surface area contributed by atoms with Crippen LogP contribution >= 0.6 is 0 Å². The summed E-state index contributed by atoms with van der Waals surface area (Å²) in [6.07, 6.45) is 3.87. The first kappa shape index (κ1) is 13.6. The minimum absolute atomic E-state index is 0.676. The summed E-state index contributed by atoms with van der Waals surface area (Å²) in [5.74, 6) is 0. The monoisotopic (exact) mass is 281 g/mol. The Hall–Kier alpha value is -2.33. The lowest BCUT2D eigenvalue weighted by Crippen LogP contribution is -2.07. The summed E-state index contributed by atoms with van der Waals surface area (Å²) in [6.45, 7) is 3.58. The van der Waals surface area contributed by atoms with Crippen molar-refractivity contribution in [1.29, 1.82) is 0 Å². The molecule has 0 saturated heterocycles. The summed E-state index contributed by atoms with van der Waals surface area (Å²) in [4.78, 5) is 7.72. The number of H-pyrrole nitrogens is 1. The second-order valence-electron chi connectivity index (χ2n) is 5.06. The van der Waals surface area contributed by atoms with Crippen LogP contribution in [-0.4, -0.2) is 30.2 Å². The van der Waals surface area contributed by atoms with Crippen LogP contribution in [0.15, 0.2) is 42.7 Å². The third-order valence-corrected chi connectivity index (χ3v) is 3.60. The number of nitrogens with one attached hydrogen (secondary N) is 2. The number of aryl methyl sites for hydroxylation is 1. The molecule has 0 atom stereocenters. The third-order valence-electron chi connectivity index (χ3n) is 3.60. The standard InChI is InChI=1S/C17H19N3O/c1-12-5-3-4-6-14(12)16-11-20-17-15(16)9-13(10-19-17)18-7-8-21-2/h3-6,9-11,18H,7-8H2,1-2H3,(H,19,20). The summed E-state index contributed by atoms with van der Waals surface area (Å²) in [5.41, 5.74) is 5.60. The topological polar surface area (TPSA) is 49.9 Å². The molecule has 0 bridgehead atoms. The van der Waals surface area contributed by atoms with Gasteiger partial charge in [-0.25, -0.2) is 4.98 Å². The highest BCUT2D eigenvalue weighted by atomic mass is 16.5. The van der Waals surface area contributed by atoms with Gasteiger partial charge in [0.1, 0.15) is 5.65 Å². The average Bonchev–Trinajstić information content (AvgIpc) is 2.91. The van der Waals surface area contributed by atoms with Crippen molar-refractivity contribution in [1.82, 2.24) is 9.97 Å². The quantitative estimate of drug-likeness (QED) is 0.703. The van der Waals surface area contributed by atoms with Crippen molar-refractivity contribution in [2.75, 3.05) is 25.6 Å². The van der Waals surface area contributed by atoms with Crippen molar-refractivity contribution in [3.05, 3.63) is 48.3 Å². The molecule has 0 aliphatic carbocycles. The van der Waals surface area contributed by atoms with Crippen molar-refractivity contribution in [3.8, 4) is 11.1 Å². The maximum Gasteiger partial charge on any atom is 0.138 e. The van der Waals surface area contributed by atoms with Crippen LogP contribution in [0.4, 0.5) is 5.69 Å². The zero-order chi connectivity index (χ0) is 14.7. The Balaban J connectivity index is 2.00. The Bertz CT molecular complexity index is 749. The van der Waals surface area contributed by atoms with Gasteiger partial charge in [-0.3, -0.25) is 0 Å². The molecule has 0 aliphatic rings. The zero-order valence-electron chi connectivity index (χ0n) is 12.3. The SMILES string of the molecule is COCCNc1cnc2[nH]cc(-c3ccccc3C)c2c1. The Morgan fingerprint density at radius 3 is 2.90 bits per heavy atom. The van der Waals surface area contributed by atoms with E-state index in [9.17, 15) is 0 Å². The van der Waals surface area contributed by atoms with Crippen LogP contribution in [0.5, 0.6) is 0 Å². The molecule has 1 aromatic carbocycles. The average molecular weight is 281 g/mol.